The zero-order chi connectivity index (χ0) is 20.5. The van der Waals surface area contributed by atoms with Crippen LogP contribution >= 0.6 is 23.2 Å². The lowest BCUT2D eigenvalue weighted by atomic mass is 9.94. The normalized spacial score (nSPS) is 19.9. The van der Waals surface area contributed by atoms with E-state index in [9.17, 15) is 0 Å². The highest BCUT2D eigenvalue weighted by Crippen LogP contribution is 2.60. The molecule has 29 heavy (non-hydrogen) atoms. The smallest absolute Gasteiger partial charge is 0.0699 e. The second-order valence-electron chi connectivity index (χ2n) is 9.06. The van der Waals surface area contributed by atoms with Crippen LogP contribution in [0.25, 0.3) is 0 Å². The van der Waals surface area contributed by atoms with Gasteiger partial charge in [-0.1, -0.05) is 55.5 Å². The number of nitrogens with zero attached hydrogens (tertiary/aromatic N) is 1. The molecule has 2 aliphatic carbocycles. The van der Waals surface area contributed by atoms with Crippen LogP contribution in [0, 0.1) is 0 Å². The lowest BCUT2D eigenvalue weighted by Crippen LogP contribution is -2.35. The minimum atomic E-state index is -0.146. The summed E-state index contributed by atoms with van der Waals surface area (Å²) in [6.45, 7) is 6.85. The molecular weight excluding hydrogens is 397 g/mol. The molecule has 0 heterocycles. The summed E-state index contributed by atoms with van der Waals surface area (Å²) < 4.78 is 0. The van der Waals surface area contributed by atoms with Crippen molar-refractivity contribution in [2.45, 2.75) is 74.6 Å². The molecule has 4 rings (SSSR count). The molecule has 2 aliphatic rings. The predicted molar refractivity (Wildman–Crippen MR) is 125 cm³/mol. The Balaban J connectivity index is 1.37. The third-order valence-corrected chi connectivity index (χ3v) is 8.00. The summed E-state index contributed by atoms with van der Waals surface area (Å²) in [7, 11) is 0. The number of alkyl halides is 2. The summed E-state index contributed by atoms with van der Waals surface area (Å²) in [5, 5.41) is 0. The quantitative estimate of drug-likeness (QED) is 0.366. The molecular formula is C26H33Cl2N. The maximum atomic E-state index is 6.85. The fourth-order valence-corrected chi connectivity index (χ4v) is 4.94. The third-order valence-electron chi connectivity index (χ3n) is 6.84. The van der Waals surface area contributed by atoms with Gasteiger partial charge in [0.25, 0.3) is 0 Å². The number of benzene rings is 2. The van der Waals surface area contributed by atoms with E-state index in [4.69, 9.17) is 23.2 Å². The van der Waals surface area contributed by atoms with Crippen LogP contribution in [-0.2, 0) is 22.6 Å². The Bertz CT molecular complexity index is 824. The zero-order valence-electron chi connectivity index (χ0n) is 17.8. The van der Waals surface area contributed by atoms with Gasteiger partial charge in [0.1, 0.15) is 0 Å². The molecule has 0 aliphatic heterocycles. The molecule has 2 aromatic carbocycles. The van der Waals surface area contributed by atoms with E-state index in [1.54, 1.807) is 0 Å². The number of hydrogen-bond acceptors (Lipinski definition) is 1. The molecule has 2 fully saturated rings. The monoisotopic (exact) mass is 429 g/mol. The van der Waals surface area contributed by atoms with Crippen LogP contribution in [0.3, 0.4) is 0 Å². The molecule has 0 N–H and O–H groups in total. The van der Waals surface area contributed by atoms with Gasteiger partial charge in [-0.15, -0.1) is 23.2 Å². The van der Waals surface area contributed by atoms with E-state index >= 15 is 0 Å². The van der Waals surface area contributed by atoms with Gasteiger partial charge in [-0.2, -0.15) is 0 Å². The Labute approximate surface area is 186 Å². The Morgan fingerprint density at radius 2 is 1.52 bits per heavy atom. The Morgan fingerprint density at radius 3 is 2.14 bits per heavy atom. The lowest BCUT2D eigenvalue weighted by molar-refractivity contribution is 0.212. The third kappa shape index (κ3) is 5.01. The van der Waals surface area contributed by atoms with Crippen molar-refractivity contribution in [3.05, 3.63) is 70.8 Å². The largest absolute Gasteiger partial charge is 0.301 e. The van der Waals surface area contributed by atoms with E-state index in [1.807, 2.05) is 0 Å². The van der Waals surface area contributed by atoms with E-state index in [0.717, 1.165) is 51.6 Å². The summed E-state index contributed by atoms with van der Waals surface area (Å²) >= 11 is 13.6. The highest BCUT2D eigenvalue weighted by atomic mass is 35.5. The van der Waals surface area contributed by atoms with E-state index in [1.165, 1.54) is 28.7 Å². The van der Waals surface area contributed by atoms with Crippen LogP contribution < -0.4 is 0 Å². The topological polar surface area (TPSA) is 3.24 Å². The predicted octanol–water partition coefficient (Wildman–Crippen LogP) is 7.03. The van der Waals surface area contributed by atoms with Crippen molar-refractivity contribution in [2.75, 3.05) is 13.1 Å². The first-order valence-corrected chi connectivity index (χ1v) is 12.0. The minimum absolute atomic E-state index is 0.137. The van der Waals surface area contributed by atoms with Crippen molar-refractivity contribution in [2.24, 2.45) is 0 Å². The van der Waals surface area contributed by atoms with E-state index < -0.39 is 0 Å². The fraction of sp³-hybridized carbons (Fsp3) is 0.538. The van der Waals surface area contributed by atoms with Crippen LogP contribution in [0.4, 0.5) is 0 Å². The summed E-state index contributed by atoms with van der Waals surface area (Å²) in [6.07, 6.45) is 7.70. The van der Waals surface area contributed by atoms with Crippen molar-refractivity contribution in [1.29, 1.82) is 0 Å². The molecule has 1 atom stereocenters. The van der Waals surface area contributed by atoms with Gasteiger partial charge < -0.3 is 4.90 Å². The van der Waals surface area contributed by atoms with E-state index in [-0.39, 0.29) is 9.75 Å². The molecule has 0 radical (unpaired) electrons. The van der Waals surface area contributed by atoms with Crippen molar-refractivity contribution >= 4 is 23.2 Å². The van der Waals surface area contributed by atoms with Gasteiger partial charge in [-0.05, 0) is 80.7 Å². The second kappa shape index (κ2) is 8.61. The summed E-state index contributed by atoms with van der Waals surface area (Å²) in [6, 6.07) is 18.3. The molecule has 0 bridgehead atoms. The molecule has 156 valence electrons. The minimum Gasteiger partial charge on any atom is -0.301 e. The first-order valence-electron chi connectivity index (χ1n) is 11.2. The van der Waals surface area contributed by atoms with Crippen LogP contribution in [0.2, 0.25) is 0 Å². The number of hydrogen-bond donors (Lipinski definition) is 0. The Morgan fingerprint density at radius 1 is 0.862 bits per heavy atom. The van der Waals surface area contributed by atoms with Crippen molar-refractivity contribution in [3.63, 3.8) is 0 Å². The van der Waals surface area contributed by atoms with Crippen LogP contribution in [0.15, 0.2) is 48.5 Å². The SMILES string of the molecule is CCN(CCc1ccccc1)C(C)CCc1ccc(C2(Cl)CC2)c(C2(Cl)CC2)c1. The van der Waals surface area contributed by atoms with Gasteiger partial charge in [0.05, 0.1) is 9.75 Å². The van der Waals surface area contributed by atoms with Gasteiger partial charge in [0.2, 0.25) is 0 Å². The standard InChI is InChI=1S/C26H33Cl2N/c1-3-29(18-13-21-7-5-4-6-8-21)20(2)9-10-22-11-12-23(25(27)14-15-25)24(19-22)26(28)16-17-26/h4-8,11-12,19-20H,3,9-10,13-18H2,1-2H3. The lowest BCUT2D eigenvalue weighted by Gasteiger charge is -2.28. The van der Waals surface area contributed by atoms with Crippen molar-refractivity contribution < 1.29 is 0 Å². The average molecular weight is 430 g/mol. The summed E-state index contributed by atoms with van der Waals surface area (Å²) in [5.74, 6) is 0. The van der Waals surface area contributed by atoms with Crippen LogP contribution in [-0.4, -0.2) is 24.0 Å². The number of aryl methyl sites for hydroxylation is 1. The highest BCUT2D eigenvalue weighted by Gasteiger charge is 2.50. The number of halogens is 2. The Hall–Kier alpha value is -1.02. The molecule has 0 spiro atoms. The first kappa shape index (κ1) is 21.2. The summed E-state index contributed by atoms with van der Waals surface area (Å²) in [4.78, 5) is 2.32. The van der Waals surface area contributed by atoms with Crippen molar-refractivity contribution in [3.8, 4) is 0 Å². The van der Waals surface area contributed by atoms with E-state index in [0.29, 0.717) is 6.04 Å². The maximum absolute atomic E-state index is 6.85. The fourth-order valence-electron chi connectivity index (χ4n) is 4.43. The second-order valence-corrected chi connectivity index (χ2v) is 10.5. The molecule has 3 heteroatoms. The maximum Gasteiger partial charge on any atom is 0.0699 e. The summed E-state index contributed by atoms with van der Waals surface area (Å²) in [5.41, 5.74) is 5.43. The molecule has 2 aromatic rings. The molecule has 2 saturated carbocycles. The van der Waals surface area contributed by atoms with Gasteiger partial charge >= 0.3 is 0 Å². The van der Waals surface area contributed by atoms with Gasteiger partial charge in [-0.3, -0.25) is 0 Å². The first-order chi connectivity index (χ1) is 13.9. The number of likely N-dealkylation sites (N-methyl/N-ethyl adjacent to an activating group) is 1. The molecule has 0 saturated heterocycles. The van der Waals surface area contributed by atoms with Crippen molar-refractivity contribution in [1.82, 2.24) is 4.90 Å². The van der Waals surface area contributed by atoms with Gasteiger partial charge in [0.15, 0.2) is 0 Å². The molecule has 0 amide bonds. The molecule has 1 unspecified atom stereocenters. The highest BCUT2D eigenvalue weighted by molar-refractivity contribution is 6.28. The van der Waals surface area contributed by atoms with Gasteiger partial charge in [-0.25, -0.2) is 0 Å². The Kier molecular flexibility index (Phi) is 6.30. The van der Waals surface area contributed by atoms with Gasteiger partial charge in [0, 0.05) is 12.6 Å². The molecule has 1 nitrogen and oxygen atoms in total. The van der Waals surface area contributed by atoms with Crippen LogP contribution in [0.5, 0.6) is 0 Å². The zero-order valence-corrected chi connectivity index (χ0v) is 19.3. The average Bonchev–Trinajstić information content (AvgIpc) is 3.66. The number of rotatable bonds is 10. The van der Waals surface area contributed by atoms with Crippen LogP contribution in [0.1, 0.15) is 68.2 Å². The molecule has 0 aromatic heterocycles. The van der Waals surface area contributed by atoms with E-state index in [2.05, 4.69) is 67.3 Å².